The first kappa shape index (κ1) is 15.4. The van der Waals surface area contributed by atoms with E-state index < -0.39 is 34.1 Å². The molecule has 0 aromatic heterocycles. The highest BCUT2D eigenvalue weighted by Crippen LogP contribution is 2.26. The molecule has 9 heteroatoms. The van der Waals surface area contributed by atoms with Gasteiger partial charge in [0.05, 0.1) is 5.97 Å². The number of carboxylic acids is 1. The molecular weight excluding hydrogens is 289 g/mol. The Bertz CT molecular complexity index is 538. The molecule has 0 aliphatic carbocycles. The van der Waals surface area contributed by atoms with Crippen LogP contribution in [0, 0.1) is 0 Å². The Kier molecular flexibility index (Phi) is 4.53. The highest BCUT2D eigenvalue weighted by Gasteiger charge is 2.48. The van der Waals surface area contributed by atoms with E-state index in [1.165, 1.54) is 24.3 Å². The molecule has 0 bridgehead atoms. The molecule has 0 aliphatic rings. The first-order valence-electron chi connectivity index (χ1n) is 4.88. The van der Waals surface area contributed by atoms with E-state index in [1.807, 2.05) is 0 Å². The van der Waals surface area contributed by atoms with Crippen LogP contribution in [0.1, 0.15) is 5.56 Å². The molecule has 0 N–H and O–H groups in total. The van der Waals surface area contributed by atoms with Crippen LogP contribution in [-0.4, -0.2) is 26.0 Å². The minimum Gasteiger partial charge on any atom is -0.547 e. The van der Waals surface area contributed by atoms with Crippen LogP contribution < -0.4 is 5.11 Å². The lowest BCUT2D eigenvalue weighted by Crippen LogP contribution is -2.42. The predicted molar refractivity (Wildman–Crippen MR) is 55.0 cm³/mol. The largest absolute Gasteiger partial charge is 0.547 e. The van der Waals surface area contributed by atoms with Crippen LogP contribution in [0.15, 0.2) is 30.3 Å². The van der Waals surface area contributed by atoms with Crippen molar-refractivity contribution in [1.82, 2.24) is 0 Å². The summed E-state index contributed by atoms with van der Waals surface area (Å²) in [7, 11) is -5.98. The van der Waals surface area contributed by atoms with Crippen LogP contribution >= 0.6 is 0 Å². The summed E-state index contributed by atoms with van der Waals surface area (Å²) in [6, 6.07) is 7.46. The molecule has 19 heavy (non-hydrogen) atoms. The molecule has 1 atom stereocenters. The van der Waals surface area contributed by atoms with E-state index in [1.54, 1.807) is 6.07 Å². The average Bonchev–Trinajstić information content (AvgIpc) is 2.27. The molecule has 0 radical (unpaired) electrons. The topological polar surface area (TPSA) is 83.5 Å². The van der Waals surface area contributed by atoms with Gasteiger partial charge in [0.25, 0.3) is 0 Å². The fourth-order valence-corrected chi connectivity index (χ4v) is 1.75. The van der Waals surface area contributed by atoms with Crippen molar-refractivity contribution in [3.8, 4) is 0 Å². The number of rotatable bonds is 5. The van der Waals surface area contributed by atoms with Crippen molar-refractivity contribution in [2.45, 2.75) is 18.0 Å². The van der Waals surface area contributed by atoms with Crippen molar-refractivity contribution in [2.75, 3.05) is 0 Å². The van der Waals surface area contributed by atoms with Crippen molar-refractivity contribution >= 4 is 16.1 Å². The monoisotopic (exact) mass is 297 g/mol. The minimum absolute atomic E-state index is 0.300. The molecule has 0 fully saturated rings. The second-order valence-electron chi connectivity index (χ2n) is 3.49. The number of carbonyl (C=O) groups is 1. The van der Waals surface area contributed by atoms with Crippen molar-refractivity contribution in [3.05, 3.63) is 35.9 Å². The Morgan fingerprint density at radius 2 is 1.79 bits per heavy atom. The number of alkyl halides is 3. The van der Waals surface area contributed by atoms with Gasteiger partial charge < -0.3 is 9.90 Å². The van der Waals surface area contributed by atoms with Gasteiger partial charge in [-0.2, -0.15) is 21.6 Å². The minimum atomic E-state index is -5.98. The maximum Gasteiger partial charge on any atom is 0.523 e. The second-order valence-corrected chi connectivity index (χ2v) is 5.06. The molecule has 106 valence electrons. The van der Waals surface area contributed by atoms with Crippen LogP contribution in [0.2, 0.25) is 0 Å². The molecule has 1 aromatic carbocycles. The summed E-state index contributed by atoms with van der Waals surface area (Å²) in [5.74, 6) is -2.04. The lowest BCUT2D eigenvalue weighted by molar-refractivity contribution is -0.313. The summed E-state index contributed by atoms with van der Waals surface area (Å²) in [4.78, 5) is 10.6. The van der Waals surface area contributed by atoms with E-state index in [9.17, 15) is 31.5 Å². The summed E-state index contributed by atoms with van der Waals surface area (Å²) in [5.41, 5.74) is -5.38. The molecular formula is C10H8F3O5S-. The third kappa shape index (κ3) is 4.21. The number of halogens is 3. The van der Waals surface area contributed by atoms with Gasteiger partial charge in [-0.05, 0) is 5.56 Å². The Morgan fingerprint density at radius 3 is 2.21 bits per heavy atom. The molecule has 0 saturated heterocycles. The molecule has 1 rings (SSSR count). The number of hydrogen-bond donors (Lipinski definition) is 0. The lowest BCUT2D eigenvalue weighted by Gasteiger charge is -2.19. The van der Waals surface area contributed by atoms with Crippen molar-refractivity contribution in [2.24, 2.45) is 0 Å². The van der Waals surface area contributed by atoms with E-state index in [4.69, 9.17) is 0 Å². The number of carbonyl (C=O) groups excluding carboxylic acids is 1. The van der Waals surface area contributed by atoms with Crippen LogP contribution in [-0.2, 0) is 25.5 Å². The van der Waals surface area contributed by atoms with Crippen LogP contribution in [0.4, 0.5) is 13.2 Å². The van der Waals surface area contributed by atoms with E-state index >= 15 is 0 Å². The van der Waals surface area contributed by atoms with E-state index in [-0.39, 0.29) is 0 Å². The normalized spacial score (nSPS) is 14.1. The fraction of sp³-hybridized carbons (Fsp3) is 0.300. The molecule has 0 spiro atoms. The number of benzene rings is 1. The smallest absolute Gasteiger partial charge is 0.523 e. The molecule has 0 saturated carbocycles. The maximum atomic E-state index is 12.1. The van der Waals surface area contributed by atoms with Gasteiger partial charge in [-0.1, -0.05) is 30.3 Å². The Hall–Kier alpha value is -1.61. The lowest BCUT2D eigenvalue weighted by atomic mass is 10.1. The quantitative estimate of drug-likeness (QED) is 0.573. The SMILES string of the molecule is O=C([O-])[C@@H](Cc1ccccc1)OS(=O)(=O)C(F)(F)F. The zero-order valence-corrected chi connectivity index (χ0v) is 10.1. The van der Waals surface area contributed by atoms with Gasteiger partial charge in [-0.25, -0.2) is 0 Å². The summed E-state index contributed by atoms with van der Waals surface area (Å²) < 4.78 is 61.3. The average molecular weight is 297 g/mol. The number of hydrogen-bond acceptors (Lipinski definition) is 5. The highest BCUT2D eigenvalue weighted by molar-refractivity contribution is 7.87. The summed E-state index contributed by atoms with van der Waals surface area (Å²) >= 11 is 0. The van der Waals surface area contributed by atoms with Gasteiger partial charge in [-0.3, -0.25) is 4.18 Å². The summed E-state index contributed by atoms with van der Waals surface area (Å²) in [6.07, 6.45) is -2.80. The van der Waals surface area contributed by atoms with Crippen LogP contribution in [0.25, 0.3) is 0 Å². The van der Waals surface area contributed by atoms with E-state index in [0.29, 0.717) is 5.56 Å². The highest BCUT2D eigenvalue weighted by atomic mass is 32.2. The van der Waals surface area contributed by atoms with E-state index in [2.05, 4.69) is 4.18 Å². The van der Waals surface area contributed by atoms with Crippen molar-refractivity contribution < 1.29 is 35.7 Å². The van der Waals surface area contributed by atoms with Crippen molar-refractivity contribution in [1.29, 1.82) is 0 Å². The fourth-order valence-electron chi connectivity index (χ4n) is 1.19. The first-order chi connectivity index (χ1) is 8.63. The summed E-state index contributed by atoms with van der Waals surface area (Å²) in [5, 5.41) is 10.6. The standard InChI is InChI=1S/C10H9F3O5S/c11-10(12,13)19(16,17)18-8(9(14)15)6-7-4-2-1-3-5-7/h1-5,8H,6H2,(H,14,15)/p-1/t8-/m1/s1. The maximum absolute atomic E-state index is 12.1. The molecule has 0 aliphatic heterocycles. The van der Waals surface area contributed by atoms with Crippen molar-refractivity contribution in [3.63, 3.8) is 0 Å². The Labute approximate surface area is 106 Å². The zero-order chi connectivity index (χ0) is 14.7. The Morgan fingerprint density at radius 1 is 1.26 bits per heavy atom. The molecule has 0 unspecified atom stereocenters. The summed E-state index contributed by atoms with van der Waals surface area (Å²) in [6.45, 7) is 0. The van der Waals surface area contributed by atoms with Gasteiger partial charge in [-0.15, -0.1) is 0 Å². The molecule has 5 nitrogen and oxygen atoms in total. The second kappa shape index (κ2) is 5.57. The predicted octanol–water partition coefficient (Wildman–Crippen LogP) is 0.214. The van der Waals surface area contributed by atoms with Crippen LogP contribution in [0.3, 0.4) is 0 Å². The third-order valence-corrected chi connectivity index (χ3v) is 3.11. The van der Waals surface area contributed by atoms with Gasteiger partial charge in [0, 0.05) is 6.42 Å². The Balaban J connectivity index is 2.90. The molecule has 0 amide bonds. The molecule has 1 aromatic rings. The number of carboxylic acid groups (broad SMARTS) is 1. The van der Waals surface area contributed by atoms with Crippen LogP contribution in [0.5, 0.6) is 0 Å². The van der Waals surface area contributed by atoms with Gasteiger partial charge >= 0.3 is 15.6 Å². The van der Waals surface area contributed by atoms with Gasteiger partial charge in [0.2, 0.25) is 0 Å². The number of aliphatic carboxylic acids is 1. The molecule has 0 heterocycles. The first-order valence-corrected chi connectivity index (χ1v) is 6.28. The zero-order valence-electron chi connectivity index (χ0n) is 9.25. The third-order valence-electron chi connectivity index (χ3n) is 2.05. The van der Waals surface area contributed by atoms with Gasteiger partial charge in [0.1, 0.15) is 6.10 Å². The van der Waals surface area contributed by atoms with E-state index in [0.717, 1.165) is 0 Å². The van der Waals surface area contributed by atoms with Gasteiger partial charge in [0.15, 0.2) is 0 Å².